The molecule has 0 spiro atoms. The van der Waals surface area contributed by atoms with Crippen molar-refractivity contribution in [2.24, 2.45) is 0 Å². The van der Waals surface area contributed by atoms with Crippen LogP contribution in [0.2, 0.25) is 0 Å². The van der Waals surface area contributed by atoms with E-state index in [0.717, 1.165) is 6.07 Å². The summed E-state index contributed by atoms with van der Waals surface area (Å²) < 4.78 is 47.2. The normalized spacial score (nSPS) is 11.8. The van der Waals surface area contributed by atoms with E-state index in [1.165, 1.54) is 26.0 Å². The zero-order valence-electron chi connectivity index (χ0n) is 8.70. The van der Waals surface area contributed by atoms with Gasteiger partial charge >= 0.3 is 5.76 Å². The van der Waals surface area contributed by atoms with Crippen molar-refractivity contribution in [1.82, 2.24) is 0 Å². The first-order valence-electron chi connectivity index (χ1n) is 4.41. The lowest BCUT2D eigenvalue weighted by Crippen LogP contribution is -2.14. The molecule has 88 valence electrons. The monoisotopic (exact) mass is 248 g/mol. The molecule has 0 saturated carbocycles. The fraction of sp³-hybridized carbons (Fsp3) is 0.300. The molecule has 0 bridgehead atoms. The molecule has 0 N–H and O–H groups in total. The van der Waals surface area contributed by atoms with Crippen LogP contribution in [0, 0.1) is 6.92 Å². The largest absolute Gasteiger partial charge is 0.341 e. The Labute approximate surface area is 92.0 Å². The molecular formula is C10H10F2O3S. The van der Waals surface area contributed by atoms with Crippen molar-refractivity contribution in [3.05, 3.63) is 29.3 Å². The van der Waals surface area contributed by atoms with Crippen LogP contribution in [-0.4, -0.2) is 20.0 Å². The van der Waals surface area contributed by atoms with Crippen LogP contribution in [0.4, 0.5) is 8.78 Å². The van der Waals surface area contributed by atoms with Gasteiger partial charge in [0, 0.05) is 5.56 Å². The quantitative estimate of drug-likeness (QED) is 0.770. The second-order valence-corrected chi connectivity index (χ2v) is 5.18. The topological polar surface area (TPSA) is 51.2 Å². The molecule has 0 saturated heterocycles. The van der Waals surface area contributed by atoms with E-state index in [2.05, 4.69) is 0 Å². The predicted octanol–water partition coefficient (Wildman–Crippen LogP) is 2.19. The van der Waals surface area contributed by atoms with E-state index in [1.54, 1.807) is 0 Å². The molecule has 0 aliphatic rings. The molecule has 0 unspecified atom stereocenters. The van der Waals surface area contributed by atoms with Gasteiger partial charge in [-0.25, -0.2) is 8.42 Å². The van der Waals surface area contributed by atoms with Gasteiger partial charge in [-0.3, -0.25) is 4.79 Å². The highest BCUT2D eigenvalue weighted by Gasteiger charge is 2.29. The van der Waals surface area contributed by atoms with Crippen LogP contribution in [-0.2, 0) is 9.84 Å². The minimum absolute atomic E-state index is 0.0651. The standard InChI is InChI=1S/C10H10F2O3S/c1-6-8(7(2)13)4-3-5-9(6)16(14,15)10(11)12/h3-5,10H,1-2H3. The van der Waals surface area contributed by atoms with Gasteiger partial charge in [-0.1, -0.05) is 12.1 Å². The second kappa shape index (κ2) is 4.29. The number of ketones is 1. The first-order valence-corrected chi connectivity index (χ1v) is 5.95. The highest BCUT2D eigenvalue weighted by atomic mass is 32.2. The maximum Gasteiger partial charge on any atom is 0.341 e. The SMILES string of the molecule is CC(=O)c1cccc(S(=O)(=O)C(F)F)c1C. The van der Waals surface area contributed by atoms with E-state index in [4.69, 9.17) is 0 Å². The first-order chi connectivity index (χ1) is 7.28. The number of carbonyl (C=O) groups excluding carboxylic acids is 1. The van der Waals surface area contributed by atoms with Crippen LogP contribution in [0.15, 0.2) is 23.1 Å². The van der Waals surface area contributed by atoms with Gasteiger partial charge in [-0.15, -0.1) is 0 Å². The van der Waals surface area contributed by atoms with Gasteiger partial charge in [0.15, 0.2) is 5.78 Å². The lowest BCUT2D eigenvalue weighted by molar-refractivity contribution is 0.101. The summed E-state index contributed by atoms with van der Waals surface area (Å²) in [6.07, 6.45) is 0. The third-order valence-electron chi connectivity index (χ3n) is 2.20. The number of benzene rings is 1. The van der Waals surface area contributed by atoms with Crippen molar-refractivity contribution >= 4 is 15.6 Å². The molecule has 0 fully saturated rings. The van der Waals surface area contributed by atoms with Gasteiger partial charge in [0.1, 0.15) is 0 Å². The molecule has 0 radical (unpaired) electrons. The van der Waals surface area contributed by atoms with Gasteiger partial charge in [-0.05, 0) is 25.5 Å². The Hall–Kier alpha value is -1.30. The Kier molecular flexibility index (Phi) is 3.42. The van der Waals surface area contributed by atoms with Crippen molar-refractivity contribution in [2.75, 3.05) is 0 Å². The van der Waals surface area contributed by atoms with Gasteiger partial charge < -0.3 is 0 Å². The molecular weight excluding hydrogens is 238 g/mol. The fourth-order valence-electron chi connectivity index (χ4n) is 1.40. The van der Waals surface area contributed by atoms with E-state index in [0.29, 0.717) is 0 Å². The van der Waals surface area contributed by atoms with Crippen LogP contribution < -0.4 is 0 Å². The number of alkyl halides is 2. The Bertz CT molecular complexity index is 521. The number of carbonyl (C=O) groups is 1. The van der Waals surface area contributed by atoms with Crippen LogP contribution in [0.1, 0.15) is 22.8 Å². The Morgan fingerprint density at radius 2 is 1.88 bits per heavy atom. The predicted molar refractivity (Wildman–Crippen MR) is 54.4 cm³/mol. The van der Waals surface area contributed by atoms with E-state index in [1.807, 2.05) is 0 Å². The third-order valence-corrected chi connectivity index (χ3v) is 3.73. The van der Waals surface area contributed by atoms with E-state index in [-0.39, 0.29) is 16.9 Å². The minimum atomic E-state index is -4.65. The molecule has 0 atom stereocenters. The van der Waals surface area contributed by atoms with Crippen LogP contribution in [0.3, 0.4) is 0 Å². The summed E-state index contributed by atoms with van der Waals surface area (Å²) in [7, 11) is -4.65. The maximum atomic E-state index is 12.3. The van der Waals surface area contributed by atoms with Gasteiger partial charge in [0.25, 0.3) is 0 Å². The molecule has 0 aliphatic carbocycles. The van der Waals surface area contributed by atoms with Crippen LogP contribution >= 0.6 is 0 Å². The summed E-state index contributed by atoms with van der Waals surface area (Å²) in [6.45, 7) is 2.59. The Morgan fingerprint density at radius 3 is 2.31 bits per heavy atom. The van der Waals surface area contributed by atoms with Gasteiger partial charge in [-0.2, -0.15) is 8.78 Å². The third kappa shape index (κ3) is 2.11. The fourth-order valence-corrected chi connectivity index (χ4v) is 2.40. The molecule has 0 amide bonds. The maximum absolute atomic E-state index is 12.3. The summed E-state index contributed by atoms with van der Waals surface area (Å²) in [5.74, 6) is -3.84. The van der Waals surface area contributed by atoms with E-state index >= 15 is 0 Å². The molecule has 16 heavy (non-hydrogen) atoms. The number of sulfone groups is 1. The smallest absolute Gasteiger partial charge is 0.295 e. The summed E-state index contributed by atoms with van der Waals surface area (Å²) in [5, 5.41) is 0. The zero-order valence-corrected chi connectivity index (χ0v) is 9.51. The lowest BCUT2D eigenvalue weighted by atomic mass is 10.1. The number of halogens is 2. The molecule has 6 heteroatoms. The summed E-state index contributed by atoms with van der Waals surface area (Å²) in [4.78, 5) is 10.6. The van der Waals surface area contributed by atoms with Crippen LogP contribution in [0.5, 0.6) is 0 Å². The van der Waals surface area contributed by atoms with Crippen molar-refractivity contribution in [3.63, 3.8) is 0 Å². The molecule has 1 aromatic carbocycles. The lowest BCUT2D eigenvalue weighted by Gasteiger charge is -2.09. The minimum Gasteiger partial charge on any atom is -0.295 e. The average Bonchev–Trinajstić information content (AvgIpc) is 2.16. The Morgan fingerprint density at radius 1 is 1.31 bits per heavy atom. The average molecular weight is 248 g/mol. The number of hydrogen-bond acceptors (Lipinski definition) is 3. The first kappa shape index (κ1) is 12.8. The van der Waals surface area contributed by atoms with Crippen molar-refractivity contribution in [1.29, 1.82) is 0 Å². The van der Waals surface area contributed by atoms with Gasteiger partial charge in [0.2, 0.25) is 9.84 Å². The summed E-state index contributed by atoms with van der Waals surface area (Å²) in [5.41, 5.74) is 0.206. The molecule has 0 aromatic heterocycles. The van der Waals surface area contributed by atoms with E-state index < -0.39 is 20.5 Å². The van der Waals surface area contributed by atoms with Crippen molar-refractivity contribution < 1.29 is 22.0 Å². The van der Waals surface area contributed by atoms with Crippen LogP contribution in [0.25, 0.3) is 0 Å². The zero-order chi connectivity index (χ0) is 12.5. The molecule has 3 nitrogen and oxygen atoms in total. The second-order valence-electron chi connectivity index (χ2n) is 3.29. The van der Waals surface area contributed by atoms with E-state index in [9.17, 15) is 22.0 Å². The Balaban J connectivity index is 3.49. The number of hydrogen-bond donors (Lipinski definition) is 0. The summed E-state index contributed by atoms with van der Waals surface area (Å²) in [6, 6.07) is 3.75. The molecule has 0 heterocycles. The highest BCUT2D eigenvalue weighted by molar-refractivity contribution is 7.91. The molecule has 1 rings (SSSR count). The molecule has 0 aliphatic heterocycles. The number of Topliss-reactive ketones (excluding diaryl/α,β-unsaturated/α-hetero) is 1. The van der Waals surface area contributed by atoms with Crippen molar-refractivity contribution in [2.45, 2.75) is 24.5 Å². The number of rotatable bonds is 3. The summed E-state index contributed by atoms with van der Waals surface area (Å²) >= 11 is 0. The van der Waals surface area contributed by atoms with Gasteiger partial charge in [0.05, 0.1) is 4.90 Å². The molecule has 1 aromatic rings. The van der Waals surface area contributed by atoms with Crippen molar-refractivity contribution in [3.8, 4) is 0 Å². The highest BCUT2D eigenvalue weighted by Crippen LogP contribution is 2.24.